The van der Waals surface area contributed by atoms with E-state index in [1.165, 1.54) is 0 Å². The van der Waals surface area contributed by atoms with Gasteiger partial charge in [0.15, 0.2) is 0 Å². The van der Waals surface area contributed by atoms with Crippen LogP contribution in [0.4, 0.5) is 5.69 Å². The lowest BCUT2D eigenvalue weighted by atomic mass is 9.99. The number of nitrogens with one attached hydrogen (secondary N) is 1. The van der Waals surface area contributed by atoms with Crippen LogP contribution >= 0.6 is 0 Å². The minimum absolute atomic E-state index is 0.0450. The van der Waals surface area contributed by atoms with Gasteiger partial charge in [0, 0.05) is 12.2 Å². The number of hydrogen-bond donors (Lipinski definition) is 1. The lowest BCUT2D eigenvalue weighted by Crippen LogP contribution is -2.27. The second kappa shape index (κ2) is 11.2. The summed E-state index contributed by atoms with van der Waals surface area (Å²) in [5, 5.41) is 12.7. The molecule has 160 valence electrons. The van der Waals surface area contributed by atoms with Crippen LogP contribution in [0.25, 0.3) is 11.1 Å². The van der Waals surface area contributed by atoms with Crippen LogP contribution < -0.4 is 10.9 Å². The van der Waals surface area contributed by atoms with Crippen molar-refractivity contribution >= 4 is 5.69 Å². The van der Waals surface area contributed by atoms with Gasteiger partial charge >= 0.3 is 0 Å². The molecule has 0 fully saturated rings. The van der Waals surface area contributed by atoms with Gasteiger partial charge in [-0.2, -0.15) is 5.26 Å². The topological polar surface area (TPSA) is 57.8 Å². The highest BCUT2D eigenvalue weighted by Gasteiger charge is 2.10. The number of hydrogen-bond acceptors (Lipinski definition) is 3. The molecular weight excluding hydrogens is 382 g/mol. The average Bonchev–Trinajstić information content (AvgIpc) is 2.81. The van der Waals surface area contributed by atoms with Gasteiger partial charge < -0.3 is 9.88 Å². The van der Waals surface area contributed by atoms with Crippen LogP contribution in [0.3, 0.4) is 0 Å². The van der Waals surface area contributed by atoms with Crippen LogP contribution in [0.1, 0.15) is 56.4 Å². The Morgan fingerprint density at radius 3 is 2.39 bits per heavy atom. The first-order valence-corrected chi connectivity index (χ1v) is 11.2. The average molecular weight is 414 g/mol. The van der Waals surface area contributed by atoms with E-state index in [4.69, 9.17) is 0 Å². The predicted octanol–water partition coefficient (Wildman–Crippen LogP) is 5.99. The zero-order valence-electron chi connectivity index (χ0n) is 18.5. The maximum absolute atomic E-state index is 13.2. The number of rotatable bonds is 10. The fourth-order valence-corrected chi connectivity index (χ4v) is 3.71. The molecule has 1 N–H and O–H groups in total. The van der Waals surface area contributed by atoms with Crippen LogP contribution in [0.5, 0.6) is 0 Å². The van der Waals surface area contributed by atoms with Crippen LogP contribution in [0.2, 0.25) is 0 Å². The van der Waals surface area contributed by atoms with Crippen molar-refractivity contribution in [1.29, 1.82) is 5.26 Å². The summed E-state index contributed by atoms with van der Waals surface area (Å²) in [7, 11) is 0. The van der Waals surface area contributed by atoms with Crippen LogP contribution in [-0.4, -0.2) is 11.1 Å². The zero-order chi connectivity index (χ0) is 22.1. The molecule has 1 heterocycles. The lowest BCUT2D eigenvalue weighted by molar-refractivity contribution is 0.667. The van der Waals surface area contributed by atoms with E-state index < -0.39 is 0 Å². The van der Waals surface area contributed by atoms with E-state index in [-0.39, 0.29) is 5.56 Å². The maximum atomic E-state index is 13.2. The third-order valence-corrected chi connectivity index (χ3v) is 5.55. The summed E-state index contributed by atoms with van der Waals surface area (Å²) in [5.41, 5.74) is 5.47. The van der Waals surface area contributed by atoms with E-state index in [1.807, 2.05) is 47.0 Å². The van der Waals surface area contributed by atoms with Crippen LogP contribution in [0, 0.1) is 11.3 Å². The summed E-state index contributed by atoms with van der Waals surface area (Å²) in [6.45, 7) is 5.67. The van der Waals surface area contributed by atoms with Crippen molar-refractivity contribution in [2.24, 2.45) is 0 Å². The first kappa shape index (κ1) is 22.4. The fourth-order valence-electron chi connectivity index (χ4n) is 3.71. The van der Waals surface area contributed by atoms with Crippen molar-refractivity contribution < 1.29 is 0 Å². The van der Waals surface area contributed by atoms with Crippen molar-refractivity contribution in [2.75, 3.05) is 11.9 Å². The van der Waals surface area contributed by atoms with Gasteiger partial charge in [0.1, 0.15) is 5.69 Å². The molecular formula is C27H31N3O. The van der Waals surface area contributed by atoms with E-state index in [2.05, 4.69) is 43.4 Å². The molecule has 3 rings (SSSR count). The Bertz CT molecular complexity index is 1090. The summed E-state index contributed by atoms with van der Waals surface area (Å²) in [4.78, 5) is 13.2. The molecule has 0 atom stereocenters. The minimum Gasteiger partial charge on any atom is -0.381 e. The maximum Gasteiger partial charge on any atom is 0.274 e. The molecule has 3 aromatic rings. The number of nitriles is 1. The summed E-state index contributed by atoms with van der Waals surface area (Å²) < 4.78 is 1.90. The van der Waals surface area contributed by atoms with Crippen LogP contribution in [-0.2, 0) is 13.0 Å². The summed E-state index contributed by atoms with van der Waals surface area (Å²) in [6.07, 6.45) is 5.19. The fraction of sp³-hybridized carbons (Fsp3) is 0.333. The van der Waals surface area contributed by atoms with Gasteiger partial charge in [-0.15, -0.1) is 0 Å². The SMILES string of the molecule is CCCCNc1ccc(CCCC)n(Cc2ccc(-c3ccccc3C#N)cc2)c1=O. The van der Waals surface area contributed by atoms with Crippen molar-refractivity contribution in [3.63, 3.8) is 0 Å². The Morgan fingerprint density at radius 1 is 0.935 bits per heavy atom. The number of unbranched alkanes of at least 4 members (excludes halogenated alkanes) is 2. The van der Waals surface area contributed by atoms with Gasteiger partial charge in [-0.3, -0.25) is 4.79 Å². The van der Waals surface area contributed by atoms with Crippen molar-refractivity contribution in [2.45, 2.75) is 52.5 Å². The van der Waals surface area contributed by atoms with Crippen molar-refractivity contribution in [3.05, 3.63) is 87.8 Å². The number of nitrogens with zero attached hydrogens (tertiary/aromatic N) is 2. The van der Waals surface area contributed by atoms with E-state index in [9.17, 15) is 10.1 Å². The Morgan fingerprint density at radius 2 is 1.68 bits per heavy atom. The quantitative estimate of drug-likeness (QED) is 0.415. The molecule has 0 saturated carbocycles. The van der Waals surface area contributed by atoms with Gasteiger partial charge in [-0.25, -0.2) is 0 Å². The molecule has 0 aliphatic carbocycles. The monoisotopic (exact) mass is 413 g/mol. The van der Waals surface area contributed by atoms with Gasteiger partial charge in [0.25, 0.3) is 5.56 Å². The molecule has 4 heteroatoms. The van der Waals surface area contributed by atoms with Crippen molar-refractivity contribution in [1.82, 2.24) is 4.57 Å². The second-order valence-corrected chi connectivity index (χ2v) is 7.87. The Balaban J connectivity index is 1.88. The minimum atomic E-state index is 0.0450. The largest absolute Gasteiger partial charge is 0.381 e. The Labute approximate surface area is 185 Å². The highest BCUT2D eigenvalue weighted by Crippen LogP contribution is 2.24. The van der Waals surface area contributed by atoms with Crippen LogP contribution in [0.15, 0.2) is 65.5 Å². The Hall–Kier alpha value is -3.32. The zero-order valence-corrected chi connectivity index (χ0v) is 18.5. The molecule has 0 spiro atoms. The van der Waals surface area contributed by atoms with Gasteiger partial charge in [-0.1, -0.05) is 69.2 Å². The first-order valence-electron chi connectivity index (χ1n) is 11.2. The summed E-state index contributed by atoms with van der Waals surface area (Å²) in [6, 6.07) is 22.1. The molecule has 4 nitrogen and oxygen atoms in total. The van der Waals surface area contributed by atoms with Gasteiger partial charge in [0.05, 0.1) is 18.2 Å². The number of aromatic nitrogens is 1. The number of aryl methyl sites for hydroxylation is 1. The molecule has 0 saturated heterocycles. The highest BCUT2D eigenvalue weighted by molar-refractivity contribution is 5.70. The van der Waals surface area contributed by atoms with Gasteiger partial charge in [0.2, 0.25) is 0 Å². The van der Waals surface area contributed by atoms with E-state index >= 15 is 0 Å². The summed E-state index contributed by atoms with van der Waals surface area (Å²) in [5.74, 6) is 0. The van der Waals surface area contributed by atoms with E-state index in [0.29, 0.717) is 17.8 Å². The predicted molar refractivity (Wildman–Crippen MR) is 128 cm³/mol. The van der Waals surface area contributed by atoms with E-state index in [0.717, 1.165) is 61.0 Å². The number of anilines is 1. The normalized spacial score (nSPS) is 10.6. The first-order chi connectivity index (χ1) is 15.2. The van der Waals surface area contributed by atoms with Gasteiger partial charge in [-0.05, 0) is 54.2 Å². The molecule has 0 aliphatic rings. The lowest BCUT2D eigenvalue weighted by Gasteiger charge is -2.16. The molecule has 31 heavy (non-hydrogen) atoms. The molecule has 2 aromatic carbocycles. The Kier molecular flexibility index (Phi) is 8.06. The molecule has 1 aromatic heterocycles. The van der Waals surface area contributed by atoms with E-state index in [1.54, 1.807) is 0 Å². The summed E-state index contributed by atoms with van der Waals surface area (Å²) >= 11 is 0. The molecule has 0 bridgehead atoms. The third kappa shape index (κ3) is 5.64. The third-order valence-electron chi connectivity index (χ3n) is 5.55. The highest BCUT2D eigenvalue weighted by atomic mass is 16.1. The number of pyridine rings is 1. The molecule has 0 aliphatic heterocycles. The molecule has 0 unspecified atom stereocenters. The van der Waals surface area contributed by atoms with Crippen molar-refractivity contribution in [3.8, 4) is 17.2 Å². The second-order valence-electron chi connectivity index (χ2n) is 7.87. The molecule has 0 radical (unpaired) electrons. The smallest absolute Gasteiger partial charge is 0.274 e. The number of benzene rings is 2. The molecule has 0 amide bonds. The standard InChI is InChI=1S/C27H31N3O/c1-3-5-10-24-16-17-26(29-18-6-4-2)27(31)30(24)20-21-12-14-22(15-13-21)25-11-8-7-9-23(25)19-28/h7-9,11-17,29H,3-6,10,18,20H2,1-2H3.